The summed E-state index contributed by atoms with van der Waals surface area (Å²) in [6.07, 6.45) is 5.08. The second kappa shape index (κ2) is 12.2. The van der Waals surface area contributed by atoms with Gasteiger partial charge in [0.25, 0.3) is 11.8 Å². The highest BCUT2D eigenvalue weighted by Crippen LogP contribution is 2.42. The molecule has 244 valence electrons. The van der Waals surface area contributed by atoms with Crippen LogP contribution in [0.15, 0.2) is 47.8 Å². The molecule has 0 radical (unpaired) electrons. The van der Waals surface area contributed by atoms with E-state index in [1.54, 1.807) is 60.6 Å². The average Bonchev–Trinajstić information content (AvgIpc) is 3.66. The Morgan fingerprint density at radius 1 is 0.804 bits per heavy atom. The average molecular weight is 633 g/mol. The van der Waals surface area contributed by atoms with Crippen molar-refractivity contribution in [3.05, 3.63) is 58.9 Å². The summed E-state index contributed by atoms with van der Waals surface area (Å²) < 4.78 is 23.3. The first kappa shape index (κ1) is 31.3. The van der Waals surface area contributed by atoms with Crippen LogP contribution in [0.2, 0.25) is 0 Å². The number of aliphatic hydroxyl groups excluding tert-OH is 1. The van der Waals surface area contributed by atoms with E-state index in [9.17, 15) is 19.5 Å². The molecule has 3 unspecified atom stereocenters. The predicted octanol–water partition coefficient (Wildman–Crippen LogP) is 3.92. The molecule has 6 rings (SSSR count). The van der Waals surface area contributed by atoms with Crippen molar-refractivity contribution in [1.29, 1.82) is 0 Å². The van der Waals surface area contributed by atoms with Gasteiger partial charge in [0.15, 0.2) is 23.0 Å². The number of ether oxygens (including phenoxy) is 4. The lowest BCUT2D eigenvalue weighted by molar-refractivity contribution is -0.121. The van der Waals surface area contributed by atoms with Gasteiger partial charge in [-0.1, -0.05) is 18.1 Å². The number of methoxy groups -OCH3 is 2. The summed E-state index contributed by atoms with van der Waals surface area (Å²) in [6.45, 7) is 4.48. The van der Waals surface area contributed by atoms with E-state index in [0.29, 0.717) is 64.8 Å². The highest BCUT2D eigenvalue weighted by atomic mass is 16.5. The molecule has 2 aromatic rings. The van der Waals surface area contributed by atoms with Gasteiger partial charge >= 0.3 is 0 Å². The zero-order chi connectivity index (χ0) is 32.9. The second-order valence-corrected chi connectivity index (χ2v) is 12.0. The maximum atomic E-state index is 13.5. The number of nitrogens with zero attached hydrogens (tertiary/aromatic N) is 4. The molecule has 46 heavy (non-hydrogen) atoms. The molecule has 12 heteroatoms. The molecule has 3 amide bonds. The Balaban J connectivity index is 1.15. The number of hydrogen-bond acceptors (Lipinski definition) is 9. The van der Waals surface area contributed by atoms with Crippen molar-refractivity contribution in [1.82, 2.24) is 9.80 Å². The largest absolute Gasteiger partial charge is 0.493 e. The molecule has 4 heterocycles. The van der Waals surface area contributed by atoms with Gasteiger partial charge < -0.3 is 43.7 Å². The van der Waals surface area contributed by atoms with Gasteiger partial charge in [0.05, 0.1) is 56.0 Å². The van der Waals surface area contributed by atoms with E-state index in [0.717, 1.165) is 17.6 Å². The molecule has 4 aliphatic heterocycles. The van der Waals surface area contributed by atoms with Gasteiger partial charge in [-0.25, -0.2) is 0 Å². The van der Waals surface area contributed by atoms with Gasteiger partial charge in [0, 0.05) is 45.0 Å². The third-order valence-corrected chi connectivity index (χ3v) is 9.21. The van der Waals surface area contributed by atoms with Crippen LogP contribution >= 0.6 is 0 Å². The van der Waals surface area contributed by atoms with Gasteiger partial charge in [-0.05, 0) is 38.3 Å². The lowest BCUT2D eigenvalue weighted by atomic mass is 10.1. The number of hydrogen-bond donors (Lipinski definition) is 1. The molecular formula is C34H40N4O8. The van der Waals surface area contributed by atoms with E-state index in [2.05, 4.69) is 0 Å². The topological polar surface area (TPSA) is 121 Å². The van der Waals surface area contributed by atoms with Crippen molar-refractivity contribution in [2.75, 3.05) is 51.3 Å². The lowest BCUT2D eigenvalue weighted by Crippen LogP contribution is -2.46. The SMILES string of the molecule is CCC1=CN2C(=O)c3cc(OC)c(OCCCOc4cc5c(cc4OC)C(=O)N4C=C(C)CC4C(O)N5C)cc3N(C)C(=O)C2C1. The number of aliphatic hydroxyl groups is 1. The Hall–Kier alpha value is -4.71. The van der Waals surface area contributed by atoms with Crippen LogP contribution in [0, 0.1) is 0 Å². The van der Waals surface area contributed by atoms with E-state index in [1.807, 2.05) is 13.8 Å². The van der Waals surface area contributed by atoms with Crippen molar-refractivity contribution >= 4 is 29.1 Å². The van der Waals surface area contributed by atoms with E-state index in [1.165, 1.54) is 24.0 Å². The van der Waals surface area contributed by atoms with Crippen LogP contribution in [0.1, 0.15) is 60.2 Å². The molecule has 4 aliphatic rings. The molecule has 0 fully saturated rings. The quantitative estimate of drug-likeness (QED) is 0.410. The number of fused-ring (bicyclic) bond motifs is 4. The first-order valence-corrected chi connectivity index (χ1v) is 15.5. The van der Waals surface area contributed by atoms with E-state index in [-0.39, 0.29) is 37.0 Å². The monoisotopic (exact) mass is 632 g/mol. The zero-order valence-electron chi connectivity index (χ0n) is 27.0. The second-order valence-electron chi connectivity index (χ2n) is 12.0. The van der Waals surface area contributed by atoms with Crippen LogP contribution < -0.4 is 28.7 Å². The summed E-state index contributed by atoms with van der Waals surface area (Å²) in [5, 5.41) is 11.1. The fourth-order valence-electron chi connectivity index (χ4n) is 6.60. The Bertz CT molecular complexity index is 1650. The van der Waals surface area contributed by atoms with Gasteiger partial charge in [-0.15, -0.1) is 0 Å². The summed E-state index contributed by atoms with van der Waals surface area (Å²) in [7, 11) is 6.45. The number of amides is 3. The smallest absolute Gasteiger partial charge is 0.260 e. The molecular weight excluding hydrogens is 592 g/mol. The van der Waals surface area contributed by atoms with Crippen molar-refractivity contribution in [2.45, 2.75) is 57.8 Å². The third kappa shape index (κ3) is 5.20. The van der Waals surface area contributed by atoms with Crippen LogP contribution in [-0.2, 0) is 4.79 Å². The van der Waals surface area contributed by atoms with Crippen molar-refractivity contribution in [2.24, 2.45) is 0 Å². The van der Waals surface area contributed by atoms with Gasteiger partial charge in [-0.3, -0.25) is 14.4 Å². The minimum absolute atomic E-state index is 0.155. The maximum Gasteiger partial charge on any atom is 0.260 e. The molecule has 0 aromatic heterocycles. The molecule has 3 atom stereocenters. The number of likely N-dealkylation sites (N-methyl/N-ethyl adjacent to an activating group) is 2. The van der Waals surface area contributed by atoms with Crippen LogP contribution in [0.25, 0.3) is 0 Å². The summed E-state index contributed by atoms with van der Waals surface area (Å²) >= 11 is 0. The predicted molar refractivity (Wildman–Crippen MR) is 171 cm³/mol. The molecule has 0 saturated heterocycles. The van der Waals surface area contributed by atoms with Crippen LogP contribution in [0.4, 0.5) is 11.4 Å². The van der Waals surface area contributed by atoms with Crippen molar-refractivity contribution in [3.8, 4) is 23.0 Å². The summed E-state index contributed by atoms with van der Waals surface area (Å²) in [5.74, 6) is 1.02. The fraction of sp³-hybridized carbons (Fsp3) is 0.441. The van der Waals surface area contributed by atoms with Crippen molar-refractivity contribution in [3.63, 3.8) is 0 Å². The van der Waals surface area contributed by atoms with Gasteiger partial charge in [0.1, 0.15) is 12.3 Å². The van der Waals surface area contributed by atoms with E-state index >= 15 is 0 Å². The highest BCUT2D eigenvalue weighted by molar-refractivity contribution is 6.12. The van der Waals surface area contributed by atoms with Crippen LogP contribution in [0.5, 0.6) is 23.0 Å². The first-order valence-electron chi connectivity index (χ1n) is 15.5. The summed E-state index contributed by atoms with van der Waals surface area (Å²) in [6, 6.07) is 5.74. The number of benzene rings is 2. The third-order valence-electron chi connectivity index (χ3n) is 9.21. The fourth-order valence-corrected chi connectivity index (χ4v) is 6.60. The van der Waals surface area contributed by atoms with Crippen molar-refractivity contribution < 1.29 is 38.4 Å². The Kier molecular flexibility index (Phi) is 8.32. The Morgan fingerprint density at radius 2 is 1.39 bits per heavy atom. The Morgan fingerprint density at radius 3 is 2.00 bits per heavy atom. The number of carbonyl (C=O) groups excluding carboxylic acids is 3. The number of rotatable bonds is 9. The molecule has 0 saturated carbocycles. The van der Waals surface area contributed by atoms with Crippen LogP contribution in [-0.4, -0.2) is 92.5 Å². The summed E-state index contributed by atoms with van der Waals surface area (Å²) in [4.78, 5) is 46.6. The van der Waals surface area contributed by atoms with E-state index < -0.39 is 12.3 Å². The minimum Gasteiger partial charge on any atom is -0.493 e. The number of carbonyl (C=O) groups is 3. The maximum absolute atomic E-state index is 13.5. The summed E-state index contributed by atoms with van der Waals surface area (Å²) in [5.41, 5.74) is 3.90. The molecule has 0 aliphatic carbocycles. The molecule has 0 bridgehead atoms. The normalized spacial score (nSPS) is 22.0. The zero-order valence-corrected chi connectivity index (χ0v) is 27.0. The van der Waals surface area contributed by atoms with Gasteiger partial charge in [-0.2, -0.15) is 0 Å². The molecule has 0 spiro atoms. The van der Waals surface area contributed by atoms with E-state index in [4.69, 9.17) is 18.9 Å². The number of anilines is 2. The molecule has 2 aromatic carbocycles. The highest BCUT2D eigenvalue weighted by Gasteiger charge is 2.42. The molecule has 1 N–H and O–H groups in total. The standard InChI is InChI=1S/C34H40N4O8/c1-7-20-12-26-34(42)36(4)24-16-30(28(44-6)14-22(24)32(40)38(26)18-20)46-10-8-9-45-29-15-23-21(13-27(29)43-5)31(39)37-17-19(2)11-25(37)33(41)35(23)3/h13-18,25-26,33,41H,7-12H2,1-6H3. The van der Waals surface area contributed by atoms with Gasteiger partial charge in [0.2, 0.25) is 5.91 Å². The lowest BCUT2D eigenvalue weighted by Gasteiger charge is -2.31. The minimum atomic E-state index is -0.892. The first-order chi connectivity index (χ1) is 22.1. The Labute approximate surface area is 268 Å². The molecule has 12 nitrogen and oxygen atoms in total. The van der Waals surface area contributed by atoms with Crippen LogP contribution in [0.3, 0.4) is 0 Å².